The van der Waals surface area contributed by atoms with Crippen molar-refractivity contribution in [3.8, 4) is 0 Å². The SMILES string of the molecule is CCCNC(=O)CCn1nnnc1SCC1=C(C(=O)O)N2C(=O)C(N)[C@H]2SC1. The molecule has 4 N–H and O–H groups in total. The molecule has 11 nitrogen and oxygen atoms in total. The van der Waals surface area contributed by atoms with E-state index in [1.165, 1.54) is 33.1 Å². The number of amides is 2. The Morgan fingerprint density at radius 3 is 2.96 bits per heavy atom. The maximum absolute atomic E-state index is 12.0. The van der Waals surface area contributed by atoms with Crippen LogP contribution in [0.25, 0.3) is 0 Å². The number of hydrogen-bond acceptors (Lipinski definition) is 9. The monoisotopic (exact) mass is 427 g/mol. The Morgan fingerprint density at radius 1 is 1.46 bits per heavy atom. The number of nitrogens with two attached hydrogens (primary N) is 1. The largest absolute Gasteiger partial charge is 0.477 e. The zero-order valence-electron chi connectivity index (χ0n) is 15.2. The van der Waals surface area contributed by atoms with Crippen molar-refractivity contribution < 1.29 is 19.5 Å². The molecule has 2 aliphatic rings. The van der Waals surface area contributed by atoms with Crippen LogP contribution in [0.3, 0.4) is 0 Å². The highest BCUT2D eigenvalue weighted by Gasteiger charge is 2.51. The van der Waals surface area contributed by atoms with E-state index < -0.39 is 12.0 Å². The molecule has 0 bridgehead atoms. The summed E-state index contributed by atoms with van der Waals surface area (Å²) in [6, 6.07) is -0.653. The van der Waals surface area contributed by atoms with Crippen molar-refractivity contribution in [3.05, 3.63) is 11.3 Å². The average Bonchev–Trinajstić information content (AvgIpc) is 3.14. The first kappa shape index (κ1) is 20.6. The zero-order valence-corrected chi connectivity index (χ0v) is 16.8. The van der Waals surface area contributed by atoms with Gasteiger partial charge in [0.15, 0.2) is 0 Å². The number of carbonyl (C=O) groups excluding carboxylic acids is 2. The number of nitrogens with one attached hydrogen (secondary N) is 1. The number of aliphatic carboxylic acids is 1. The Bertz CT molecular complexity index is 812. The zero-order chi connectivity index (χ0) is 20.3. The second-order valence-corrected chi connectivity index (χ2v) is 8.31. The van der Waals surface area contributed by atoms with Gasteiger partial charge >= 0.3 is 5.97 Å². The third-order valence-electron chi connectivity index (χ3n) is 4.29. The molecule has 2 aliphatic heterocycles. The van der Waals surface area contributed by atoms with Crippen molar-refractivity contribution in [2.75, 3.05) is 18.1 Å². The van der Waals surface area contributed by atoms with Crippen LogP contribution in [0.5, 0.6) is 0 Å². The fraction of sp³-hybridized carbons (Fsp3) is 0.600. The van der Waals surface area contributed by atoms with Gasteiger partial charge in [0.25, 0.3) is 0 Å². The van der Waals surface area contributed by atoms with Crippen molar-refractivity contribution >= 4 is 41.3 Å². The lowest BCUT2D eigenvalue weighted by atomic mass is 10.0. The van der Waals surface area contributed by atoms with Gasteiger partial charge in [-0.2, -0.15) is 0 Å². The van der Waals surface area contributed by atoms with Gasteiger partial charge in [-0.3, -0.25) is 14.5 Å². The topological polar surface area (TPSA) is 156 Å². The minimum absolute atomic E-state index is 0.000850. The highest BCUT2D eigenvalue weighted by atomic mass is 32.2. The van der Waals surface area contributed by atoms with E-state index in [0.29, 0.717) is 35.3 Å². The Hall–Kier alpha value is -2.12. The number of nitrogens with zero attached hydrogens (tertiary/aromatic N) is 5. The van der Waals surface area contributed by atoms with Gasteiger partial charge in [-0.25, -0.2) is 9.48 Å². The molecule has 0 spiro atoms. The Labute approximate surface area is 169 Å². The molecule has 1 aromatic rings. The molecule has 1 fully saturated rings. The number of carbonyl (C=O) groups is 3. The van der Waals surface area contributed by atoms with Crippen molar-refractivity contribution in [3.63, 3.8) is 0 Å². The number of carboxylic acid groups (broad SMARTS) is 1. The minimum atomic E-state index is -1.15. The summed E-state index contributed by atoms with van der Waals surface area (Å²) in [5.74, 6) is -0.805. The first-order valence-electron chi connectivity index (χ1n) is 8.75. The van der Waals surface area contributed by atoms with E-state index in [0.717, 1.165) is 6.42 Å². The van der Waals surface area contributed by atoms with Crippen LogP contribution < -0.4 is 11.1 Å². The number of fused-ring (bicyclic) bond motifs is 1. The van der Waals surface area contributed by atoms with Crippen LogP contribution >= 0.6 is 23.5 Å². The lowest BCUT2D eigenvalue weighted by Gasteiger charge is -2.48. The summed E-state index contributed by atoms with van der Waals surface area (Å²) in [5, 5.41) is 24.0. The van der Waals surface area contributed by atoms with Crippen molar-refractivity contribution in [1.82, 2.24) is 30.4 Å². The quantitative estimate of drug-likeness (QED) is 0.339. The molecule has 0 radical (unpaired) electrons. The summed E-state index contributed by atoms with van der Waals surface area (Å²) in [5.41, 5.74) is 6.37. The van der Waals surface area contributed by atoms with E-state index in [-0.39, 0.29) is 29.3 Å². The summed E-state index contributed by atoms with van der Waals surface area (Å²) in [6.07, 6.45) is 1.11. The molecule has 1 saturated heterocycles. The lowest BCUT2D eigenvalue weighted by molar-refractivity contribution is -0.147. The van der Waals surface area contributed by atoms with Gasteiger partial charge in [-0.15, -0.1) is 16.9 Å². The summed E-state index contributed by atoms with van der Waals surface area (Å²) in [6.45, 7) is 2.93. The molecule has 0 saturated carbocycles. The van der Waals surface area contributed by atoms with Crippen LogP contribution in [-0.4, -0.2) is 77.5 Å². The fourth-order valence-electron chi connectivity index (χ4n) is 2.84. The number of β-lactam (4-membered cyclic amide) rings is 1. The van der Waals surface area contributed by atoms with Crippen LogP contribution in [0.2, 0.25) is 0 Å². The molecule has 0 aliphatic carbocycles. The van der Waals surface area contributed by atoms with Crippen LogP contribution in [0.1, 0.15) is 19.8 Å². The molecule has 0 aromatic carbocycles. The van der Waals surface area contributed by atoms with Gasteiger partial charge < -0.3 is 16.2 Å². The first-order chi connectivity index (χ1) is 13.4. The Balaban J connectivity index is 1.64. The Morgan fingerprint density at radius 2 is 2.25 bits per heavy atom. The normalized spacial score (nSPS) is 21.4. The predicted octanol–water partition coefficient (Wildman–Crippen LogP) is -0.737. The third kappa shape index (κ3) is 4.15. The van der Waals surface area contributed by atoms with Gasteiger partial charge in [0.2, 0.25) is 17.0 Å². The fourth-order valence-corrected chi connectivity index (χ4v) is 5.18. The van der Waals surface area contributed by atoms with E-state index in [9.17, 15) is 19.5 Å². The molecular weight excluding hydrogens is 406 g/mol. The number of rotatable bonds is 9. The van der Waals surface area contributed by atoms with E-state index in [1.54, 1.807) is 0 Å². The highest BCUT2D eigenvalue weighted by molar-refractivity contribution is 8.01. The number of thioether (sulfide) groups is 2. The van der Waals surface area contributed by atoms with Gasteiger partial charge in [-0.05, 0) is 22.4 Å². The van der Waals surface area contributed by atoms with Crippen molar-refractivity contribution in [2.24, 2.45) is 5.73 Å². The molecule has 2 amide bonds. The van der Waals surface area contributed by atoms with Crippen LogP contribution in [0, 0.1) is 0 Å². The second-order valence-electron chi connectivity index (χ2n) is 6.27. The maximum Gasteiger partial charge on any atom is 0.352 e. The summed E-state index contributed by atoms with van der Waals surface area (Å²) in [4.78, 5) is 36.7. The minimum Gasteiger partial charge on any atom is -0.477 e. The lowest BCUT2D eigenvalue weighted by Crippen LogP contribution is -2.68. The van der Waals surface area contributed by atoms with Crippen molar-refractivity contribution in [1.29, 1.82) is 0 Å². The van der Waals surface area contributed by atoms with E-state index in [2.05, 4.69) is 20.8 Å². The standard InChI is InChI=1S/C15H21N7O4S2/c1-2-4-17-9(23)3-5-21-15(18-19-20-21)28-7-8-6-27-13-10(16)12(24)22(13)11(8)14(25)26/h10,13H,2-7,16H2,1H3,(H,17,23)(H,25,26)/t10?,13-/m1/s1. The number of hydrogen-bond donors (Lipinski definition) is 3. The van der Waals surface area contributed by atoms with Gasteiger partial charge in [0.1, 0.15) is 17.1 Å². The van der Waals surface area contributed by atoms with Gasteiger partial charge in [-0.1, -0.05) is 18.7 Å². The first-order valence-corrected chi connectivity index (χ1v) is 10.8. The molecule has 1 unspecified atom stereocenters. The molecule has 152 valence electrons. The molecule has 2 atom stereocenters. The van der Waals surface area contributed by atoms with Crippen LogP contribution in [0.4, 0.5) is 0 Å². The number of carboxylic acids is 1. The second kappa shape index (κ2) is 8.92. The smallest absolute Gasteiger partial charge is 0.352 e. The van der Waals surface area contributed by atoms with E-state index >= 15 is 0 Å². The molecule has 1 aromatic heterocycles. The average molecular weight is 428 g/mol. The number of aryl methyl sites for hydroxylation is 1. The van der Waals surface area contributed by atoms with E-state index in [4.69, 9.17) is 5.73 Å². The molecular formula is C15H21N7O4S2. The number of aromatic nitrogens is 4. The highest BCUT2D eigenvalue weighted by Crippen LogP contribution is 2.40. The van der Waals surface area contributed by atoms with Gasteiger partial charge in [0.05, 0.1) is 6.54 Å². The number of tetrazole rings is 1. The molecule has 3 heterocycles. The predicted molar refractivity (Wildman–Crippen MR) is 102 cm³/mol. The van der Waals surface area contributed by atoms with Crippen LogP contribution in [-0.2, 0) is 20.9 Å². The maximum atomic E-state index is 12.0. The molecule has 28 heavy (non-hydrogen) atoms. The molecule has 3 rings (SSSR count). The third-order valence-corrected chi connectivity index (χ3v) is 6.69. The summed E-state index contributed by atoms with van der Waals surface area (Å²) < 4.78 is 1.51. The molecule has 13 heteroatoms. The van der Waals surface area contributed by atoms with Crippen molar-refractivity contribution in [2.45, 2.75) is 42.9 Å². The van der Waals surface area contributed by atoms with Gasteiger partial charge in [0, 0.05) is 24.5 Å². The van der Waals surface area contributed by atoms with Crippen LogP contribution in [0.15, 0.2) is 16.4 Å². The summed E-state index contributed by atoms with van der Waals surface area (Å²) in [7, 11) is 0. The summed E-state index contributed by atoms with van der Waals surface area (Å²) >= 11 is 2.72. The van der Waals surface area contributed by atoms with E-state index in [1.807, 2.05) is 6.92 Å². The Kier molecular flexibility index (Phi) is 6.57.